The number of hydrogen-bond donors (Lipinski definition) is 0. The molecule has 1 aliphatic carbocycles. The molecule has 45 heavy (non-hydrogen) atoms. The van der Waals surface area contributed by atoms with Crippen LogP contribution in [-0.4, -0.2) is 0 Å². The lowest BCUT2D eigenvalue weighted by Gasteiger charge is -2.23. The quantitative estimate of drug-likeness (QED) is 0.190. The molecule has 0 bridgehead atoms. The minimum atomic E-state index is -0.403. The maximum absolute atomic E-state index is 8.48. The summed E-state index contributed by atoms with van der Waals surface area (Å²) in [6.45, 7) is 8.60. The summed E-state index contributed by atoms with van der Waals surface area (Å²) >= 11 is 0. The van der Waals surface area contributed by atoms with Gasteiger partial charge in [0.25, 0.3) is 0 Å². The molecule has 0 spiro atoms. The zero-order valence-corrected chi connectivity index (χ0v) is 24.7. The van der Waals surface area contributed by atoms with Crippen LogP contribution in [0.3, 0.4) is 0 Å². The summed E-state index contributed by atoms with van der Waals surface area (Å²) in [6.07, 6.45) is 5.45. The maximum Gasteiger partial charge on any atom is 0.139 e. The highest BCUT2D eigenvalue weighted by Gasteiger charge is 2.25. The number of para-hydroxylation sites is 1. The normalized spacial score (nSPS) is 14.4. The average molecular weight is 582 g/mol. The molecule has 0 radical (unpaired) electrons. The third-order valence-electron chi connectivity index (χ3n) is 8.89. The van der Waals surface area contributed by atoms with Gasteiger partial charge in [-0.25, -0.2) is 0 Å². The Bertz CT molecular complexity index is 2640. The van der Waals surface area contributed by atoms with Crippen molar-refractivity contribution in [3.8, 4) is 22.3 Å². The summed E-state index contributed by atoms with van der Waals surface area (Å²) in [7, 11) is 0. The number of furan rings is 1. The molecule has 0 saturated heterocycles. The van der Waals surface area contributed by atoms with Gasteiger partial charge in [0.05, 0.1) is 6.85 Å². The second-order valence-electron chi connectivity index (χ2n) is 11.2. The molecule has 1 aromatic heterocycles. The van der Waals surface area contributed by atoms with Crippen molar-refractivity contribution in [3.05, 3.63) is 179 Å². The molecular weight excluding hydrogens is 544 g/mol. The predicted octanol–water partition coefficient (Wildman–Crippen LogP) is 10.4. The standard InChI is InChI=1S/C44H32O/c1-3-33-34(4-2)42(37-20-12-11-19-36(37)41(33)32-25-23-30(24-26-32)29-15-7-5-8-16-29)39-28-27-35(31-17-9-6-10-18-31)44-43(39)38-21-13-14-22-40(38)45-44/h3-26H,1-2,27-28H2/i5D,7D,8D,15D,16D. The monoisotopic (exact) mass is 581 g/mol. The first-order chi connectivity index (χ1) is 24.3. The Morgan fingerprint density at radius 3 is 1.82 bits per heavy atom. The van der Waals surface area contributed by atoms with E-state index >= 15 is 0 Å². The molecule has 8 rings (SSSR count). The highest BCUT2D eigenvalue weighted by Crippen LogP contribution is 2.43. The van der Waals surface area contributed by atoms with Crippen LogP contribution in [0.1, 0.15) is 41.9 Å². The van der Waals surface area contributed by atoms with Crippen LogP contribution >= 0.6 is 0 Å². The van der Waals surface area contributed by atoms with E-state index in [0.29, 0.717) is 5.56 Å². The van der Waals surface area contributed by atoms with Gasteiger partial charge in [0.15, 0.2) is 0 Å². The van der Waals surface area contributed by atoms with Crippen LogP contribution in [0.5, 0.6) is 0 Å². The van der Waals surface area contributed by atoms with E-state index in [2.05, 4.69) is 67.8 Å². The van der Waals surface area contributed by atoms with Crippen molar-refractivity contribution >= 4 is 45.0 Å². The third kappa shape index (κ3) is 4.39. The minimum absolute atomic E-state index is 0.182. The smallest absolute Gasteiger partial charge is 0.139 e. The Morgan fingerprint density at radius 2 is 1.11 bits per heavy atom. The average Bonchev–Trinajstić information content (AvgIpc) is 3.56. The van der Waals surface area contributed by atoms with Gasteiger partial charge in [0, 0.05) is 16.2 Å². The van der Waals surface area contributed by atoms with E-state index in [9.17, 15) is 0 Å². The summed E-state index contributed by atoms with van der Waals surface area (Å²) in [5.74, 6) is 0. The fourth-order valence-corrected chi connectivity index (χ4v) is 6.95. The van der Waals surface area contributed by atoms with Crippen molar-refractivity contribution < 1.29 is 11.3 Å². The lowest BCUT2D eigenvalue weighted by Crippen LogP contribution is -2.30. The summed E-state index contributed by atoms with van der Waals surface area (Å²) in [6, 6.07) is 33.1. The first-order valence-corrected chi connectivity index (χ1v) is 15.1. The highest BCUT2D eigenvalue weighted by atomic mass is 16.3. The van der Waals surface area contributed by atoms with Crippen LogP contribution in [0.15, 0.2) is 151 Å². The van der Waals surface area contributed by atoms with E-state index < -0.39 is 6.04 Å². The van der Waals surface area contributed by atoms with E-state index in [1.54, 1.807) is 0 Å². The van der Waals surface area contributed by atoms with Crippen molar-refractivity contribution in [2.24, 2.45) is 0 Å². The zero-order chi connectivity index (χ0) is 34.7. The highest BCUT2D eigenvalue weighted by molar-refractivity contribution is 6.10. The van der Waals surface area contributed by atoms with Gasteiger partial charge in [-0.15, -0.1) is 0 Å². The van der Waals surface area contributed by atoms with Crippen LogP contribution in [0.25, 0.3) is 67.3 Å². The van der Waals surface area contributed by atoms with E-state index in [1.165, 1.54) is 11.1 Å². The molecule has 0 amide bonds. The molecule has 0 aliphatic heterocycles. The molecule has 1 heteroatoms. The van der Waals surface area contributed by atoms with Gasteiger partial charge in [-0.05, 0) is 79.8 Å². The van der Waals surface area contributed by atoms with Gasteiger partial charge in [-0.1, -0.05) is 153 Å². The van der Waals surface area contributed by atoms with Crippen LogP contribution < -0.4 is 10.6 Å². The predicted molar refractivity (Wildman–Crippen MR) is 191 cm³/mol. The molecule has 6 aromatic carbocycles. The van der Waals surface area contributed by atoms with E-state index in [4.69, 9.17) is 11.3 Å². The molecule has 7 aromatic rings. The Hall–Kier alpha value is -5.66. The molecule has 1 aliphatic rings. The van der Waals surface area contributed by atoms with E-state index in [0.717, 1.165) is 78.6 Å². The molecule has 0 fully saturated rings. The van der Waals surface area contributed by atoms with Gasteiger partial charge in [0.1, 0.15) is 11.0 Å². The van der Waals surface area contributed by atoms with Crippen LogP contribution in [-0.2, 0) is 0 Å². The number of fused-ring (bicyclic) bond motifs is 4. The van der Waals surface area contributed by atoms with E-state index in [1.807, 2.05) is 60.7 Å². The summed E-state index contributed by atoms with van der Waals surface area (Å²) in [4.78, 5) is 0. The van der Waals surface area contributed by atoms with Gasteiger partial charge in [-0.2, -0.15) is 0 Å². The van der Waals surface area contributed by atoms with Crippen molar-refractivity contribution in [3.63, 3.8) is 0 Å². The van der Waals surface area contributed by atoms with Gasteiger partial charge >= 0.3 is 0 Å². The zero-order valence-electron chi connectivity index (χ0n) is 29.7. The third-order valence-corrected chi connectivity index (χ3v) is 8.89. The largest absolute Gasteiger partial charge is 0.456 e. The first-order valence-electron chi connectivity index (χ1n) is 17.6. The SMILES string of the molecule is [2H]c1c([2H])c([2H])c(-c2ccc(-c3c(C=C)c(C=C)c(C4=c5c(oc6ccccc56)=C(c5ccccc5)CC4)c4ccccc34)cc2)c([2H])c1[2H]. The second kappa shape index (κ2) is 11.1. The van der Waals surface area contributed by atoms with E-state index in [-0.39, 0.29) is 29.7 Å². The van der Waals surface area contributed by atoms with Gasteiger partial charge < -0.3 is 4.42 Å². The fourth-order valence-electron chi connectivity index (χ4n) is 6.95. The molecule has 0 saturated carbocycles. The number of benzene rings is 6. The van der Waals surface area contributed by atoms with Gasteiger partial charge in [-0.3, -0.25) is 0 Å². The molecule has 0 atom stereocenters. The fraction of sp³-hybridized carbons (Fsp3) is 0.0455. The topological polar surface area (TPSA) is 13.1 Å². The Morgan fingerprint density at radius 1 is 0.533 bits per heavy atom. The maximum atomic E-state index is 8.48. The summed E-state index contributed by atoms with van der Waals surface area (Å²) < 4.78 is 47.9. The molecule has 0 N–H and O–H groups in total. The lowest BCUT2D eigenvalue weighted by atomic mass is 9.80. The second-order valence-corrected chi connectivity index (χ2v) is 11.2. The molecule has 1 heterocycles. The first kappa shape index (κ1) is 21.9. The minimum Gasteiger partial charge on any atom is -0.456 e. The lowest BCUT2D eigenvalue weighted by molar-refractivity contribution is 0.567. The number of rotatable bonds is 6. The van der Waals surface area contributed by atoms with Gasteiger partial charge in [0.2, 0.25) is 0 Å². The summed E-state index contributed by atoms with van der Waals surface area (Å²) in [5.41, 5.74) is 11.0. The Balaban J connectivity index is 1.42. The molecule has 0 unspecified atom stereocenters. The molecule has 214 valence electrons. The van der Waals surface area contributed by atoms with Crippen LogP contribution in [0.2, 0.25) is 0 Å². The Labute approximate surface area is 270 Å². The molecular formula is C44H32O. The van der Waals surface area contributed by atoms with Crippen molar-refractivity contribution in [2.45, 2.75) is 12.8 Å². The van der Waals surface area contributed by atoms with Crippen molar-refractivity contribution in [1.82, 2.24) is 0 Å². The van der Waals surface area contributed by atoms with Crippen LogP contribution in [0.4, 0.5) is 0 Å². The van der Waals surface area contributed by atoms with Crippen molar-refractivity contribution in [2.75, 3.05) is 0 Å². The van der Waals surface area contributed by atoms with Crippen molar-refractivity contribution in [1.29, 1.82) is 0 Å². The number of hydrogen-bond acceptors (Lipinski definition) is 1. The summed E-state index contributed by atoms with van der Waals surface area (Å²) in [5, 5.41) is 4.34. The molecule has 1 nitrogen and oxygen atoms in total. The Kier molecular flexibility index (Phi) is 5.42. The van der Waals surface area contributed by atoms with Crippen LogP contribution in [0, 0.1) is 0 Å².